The summed E-state index contributed by atoms with van der Waals surface area (Å²) in [6, 6.07) is 75.8. The van der Waals surface area contributed by atoms with Crippen molar-refractivity contribution in [1.82, 2.24) is 0 Å². The minimum atomic E-state index is 0.883. The van der Waals surface area contributed by atoms with E-state index in [-0.39, 0.29) is 0 Å². The molecular formula is C52H35NO. The molecule has 254 valence electrons. The third kappa shape index (κ3) is 5.81. The molecule has 0 saturated heterocycles. The van der Waals surface area contributed by atoms with Crippen molar-refractivity contribution >= 4 is 49.8 Å². The summed E-state index contributed by atoms with van der Waals surface area (Å²) in [5, 5.41) is 4.54. The van der Waals surface area contributed by atoms with Gasteiger partial charge in [-0.3, -0.25) is 0 Å². The summed E-state index contributed by atoms with van der Waals surface area (Å²) in [7, 11) is 0. The predicted octanol–water partition coefficient (Wildman–Crippen LogP) is 14.9. The fourth-order valence-corrected chi connectivity index (χ4v) is 7.68. The number of fused-ring (bicyclic) bond motifs is 4. The Morgan fingerprint density at radius 3 is 1.20 bits per heavy atom. The van der Waals surface area contributed by atoms with Gasteiger partial charge in [0.25, 0.3) is 0 Å². The van der Waals surface area contributed by atoms with Crippen molar-refractivity contribution < 1.29 is 4.42 Å². The summed E-state index contributed by atoms with van der Waals surface area (Å²) in [5.74, 6) is 0. The molecular weight excluding hydrogens is 655 g/mol. The second-order valence-corrected chi connectivity index (χ2v) is 13.8. The molecule has 0 aliphatic heterocycles. The maximum atomic E-state index is 6.82. The summed E-state index contributed by atoms with van der Waals surface area (Å²) in [5.41, 5.74) is 14.3. The van der Waals surface area contributed by atoms with E-state index >= 15 is 0 Å². The van der Waals surface area contributed by atoms with E-state index in [1.165, 1.54) is 38.8 Å². The van der Waals surface area contributed by atoms with E-state index in [1.807, 2.05) is 0 Å². The zero-order chi connectivity index (χ0) is 35.8. The van der Waals surface area contributed by atoms with Crippen LogP contribution in [0.4, 0.5) is 17.1 Å². The highest BCUT2D eigenvalue weighted by atomic mass is 16.3. The fraction of sp³-hybridized carbons (Fsp3) is 0. The predicted molar refractivity (Wildman–Crippen MR) is 228 cm³/mol. The van der Waals surface area contributed by atoms with Crippen LogP contribution in [0.5, 0.6) is 0 Å². The van der Waals surface area contributed by atoms with Crippen LogP contribution in [0.15, 0.2) is 217 Å². The van der Waals surface area contributed by atoms with Gasteiger partial charge in [0.1, 0.15) is 11.2 Å². The SMILES string of the molecule is c1ccc(-c2ccc(-c3cc(N(c4ccc(-c5ccccc5)cc4)c4ccc(-c5ccccc5)cc4)cc4c3oc3cc5ccccc5cc34)cc2)cc1. The Bertz CT molecular complexity index is 2790. The molecule has 0 bridgehead atoms. The van der Waals surface area contributed by atoms with Crippen LogP contribution in [0.1, 0.15) is 0 Å². The zero-order valence-corrected chi connectivity index (χ0v) is 29.6. The van der Waals surface area contributed by atoms with Crippen LogP contribution in [-0.4, -0.2) is 0 Å². The van der Waals surface area contributed by atoms with Crippen LogP contribution < -0.4 is 4.90 Å². The summed E-state index contributed by atoms with van der Waals surface area (Å²) in [6.07, 6.45) is 0. The Balaban J connectivity index is 1.19. The van der Waals surface area contributed by atoms with Crippen molar-refractivity contribution in [3.05, 3.63) is 212 Å². The molecule has 10 aromatic rings. The topological polar surface area (TPSA) is 16.4 Å². The van der Waals surface area contributed by atoms with Gasteiger partial charge in [0, 0.05) is 33.4 Å². The van der Waals surface area contributed by atoms with Crippen LogP contribution in [0, 0.1) is 0 Å². The second kappa shape index (κ2) is 13.4. The molecule has 0 spiro atoms. The lowest BCUT2D eigenvalue weighted by Crippen LogP contribution is -2.10. The van der Waals surface area contributed by atoms with E-state index in [1.54, 1.807) is 0 Å². The van der Waals surface area contributed by atoms with Gasteiger partial charge in [-0.25, -0.2) is 0 Å². The second-order valence-electron chi connectivity index (χ2n) is 13.8. The van der Waals surface area contributed by atoms with Crippen molar-refractivity contribution in [2.24, 2.45) is 0 Å². The average molecular weight is 690 g/mol. The molecule has 0 radical (unpaired) electrons. The standard InChI is InChI=1S/C52H35NO/c1-4-12-36(13-5-1)39-20-22-42(23-21-39)48-34-47(35-50-49-32-43-18-10-11-19-44(43)33-51(49)54-52(48)50)53(45-28-24-40(25-29-45)37-14-6-2-7-15-37)46-30-26-41(27-31-46)38-16-8-3-9-17-38/h1-35H. The van der Waals surface area contributed by atoms with Gasteiger partial charge in [0.2, 0.25) is 0 Å². The molecule has 0 saturated carbocycles. The summed E-state index contributed by atoms with van der Waals surface area (Å²) in [4.78, 5) is 2.37. The Kier molecular flexibility index (Phi) is 7.85. The van der Waals surface area contributed by atoms with Gasteiger partial charge in [-0.1, -0.05) is 164 Å². The van der Waals surface area contributed by atoms with E-state index in [0.29, 0.717) is 0 Å². The third-order valence-electron chi connectivity index (χ3n) is 10.5. The van der Waals surface area contributed by atoms with Gasteiger partial charge in [0.15, 0.2) is 0 Å². The maximum Gasteiger partial charge on any atom is 0.143 e. The molecule has 0 amide bonds. The molecule has 54 heavy (non-hydrogen) atoms. The van der Waals surface area contributed by atoms with Gasteiger partial charge >= 0.3 is 0 Å². The first-order valence-electron chi connectivity index (χ1n) is 18.4. The zero-order valence-electron chi connectivity index (χ0n) is 29.6. The highest BCUT2D eigenvalue weighted by Gasteiger charge is 2.20. The van der Waals surface area contributed by atoms with Gasteiger partial charge < -0.3 is 9.32 Å². The minimum Gasteiger partial charge on any atom is -0.455 e. The molecule has 0 N–H and O–H groups in total. The van der Waals surface area contributed by atoms with E-state index in [2.05, 4.69) is 217 Å². The first kappa shape index (κ1) is 31.6. The van der Waals surface area contributed by atoms with E-state index in [0.717, 1.165) is 55.5 Å². The van der Waals surface area contributed by atoms with E-state index < -0.39 is 0 Å². The number of rotatable bonds is 7. The number of anilines is 3. The third-order valence-corrected chi connectivity index (χ3v) is 10.5. The molecule has 0 unspecified atom stereocenters. The molecule has 0 aliphatic rings. The summed E-state index contributed by atoms with van der Waals surface area (Å²) >= 11 is 0. The Labute approximate surface area is 314 Å². The quantitative estimate of drug-likeness (QED) is 0.166. The number of hydrogen-bond acceptors (Lipinski definition) is 2. The van der Waals surface area contributed by atoms with E-state index in [4.69, 9.17) is 4.42 Å². The summed E-state index contributed by atoms with van der Waals surface area (Å²) in [6.45, 7) is 0. The Hall–Kier alpha value is -7.16. The fourth-order valence-electron chi connectivity index (χ4n) is 7.68. The van der Waals surface area contributed by atoms with Crippen molar-refractivity contribution in [3.63, 3.8) is 0 Å². The maximum absolute atomic E-state index is 6.82. The van der Waals surface area contributed by atoms with Crippen LogP contribution in [0.25, 0.3) is 77.2 Å². The van der Waals surface area contributed by atoms with Crippen LogP contribution in [-0.2, 0) is 0 Å². The van der Waals surface area contributed by atoms with Crippen LogP contribution in [0.3, 0.4) is 0 Å². The van der Waals surface area contributed by atoms with Gasteiger partial charge in [-0.05, 0) is 98.2 Å². The normalized spacial score (nSPS) is 11.3. The molecule has 9 aromatic carbocycles. The lowest BCUT2D eigenvalue weighted by Gasteiger charge is -2.27. The minimum absolute atomic E-state index is 0.883. The van der Waals surface area contributed by atoms with Gasteiger partial charge in [-0.15, -0.1) is 0 Å². The molecule has 10 rings (SSSR count). The average Bonchev–Trinajstić information content (AvgIpc) is 3.61. The van der Waals surface area contributed by atoms with Crippen molar-refractivity contribution in [2.45, 2.75) is 0 Å². The summed E-state index contributed by atoms with van der Waals surface area (Å²) < 4.78 is 6.82. The Morgan fingerprint density at radius 2 is 0.704 bits per heavy atom. The van der Waals surface area contributed by atoms with Crippen molar-refractivity contribution in [3.8, 4) is 44.5 Å². The number of furan rings is 1. The Morgan fingerprint density at radius 1 is 0.296 bits per heavy atom. The smallest absolute Gasteiger partial charge is 0.143 e. The van der Waals surface area contributed by atoms with Crippen molar-refractivity contribution in [1.29, 1.82) is 0 Å². The highest BCUT2D eigenvalue weighted by Crippen LogP contribution is 2.45. The first-order valence-corrected chi connectivity index (χ1v) is 18.4. The molecule has 1 aromatic heterocycles. The highest BCUT2D eigenvalue weighted by molar-refractivity contribution is 6.14. The molecule has 2 heteroatoms. The lowest BCUT2D eigenvalue weighted by molar-refractivity contribution is 0.670. The van der Waals surface area contributed by atoms with Gasteiger partial charge in [-0.2, -0.15) is 0 Å². The van der Waals surface area contributed by atoms with Crippen LogP contribution >= 0.6 is 0 Å². The largest absolute Gasteiger partial charge is 0.455 e. The first-order chi connectivity index (χ1) is 26.7. The van der Waals surface area contributed by atoms with E-state index in [9.17, 15) is 0 Å². The monoisotopic (exact) mass is 689 g/mol. The molecule has 0 atom stereocenters. The van der Waals surface area contributed by atoms with Crippen molar-refractivity contribution in [2.75, 3.05) is 4.90 Å². The molecule has 0 aliphatic carbocycles. The van der Waals surface area contributed by atoms with Crippen LogP contribution in [0.2, 0.25) is 0 Å². The number of nitrogens with zero attached hydrogens (tertiary/aromatic N) is 1. The number of hydrogen-bond donors (Lipinski definition) is 0. The number of benzene rings is 9. The molecule has 1 heterocycles. The molecule has 0 fully saturated rings. The molecule has 2 nitrogen and oxygen atoms in total. The van der Waals surface area contributed by atoms with Gasteiger partial charge in [0.05, 0.1) is 0 Å². The lowest BCUT2D eigenvalue weighted by atomic mass is 9.97.